The standard InChI is InChI=1S/C18H21FN4O3S/c1-10-5-18(6-12-4-15(25)22(3)7-13(12)26-18)9-23(10)8-14-16(19)21-17(27-14)20-11(2)24/h4,7,10H,5-6,8-9H2,1-3H3,(H,20,21,24). The van der Waals surface area contributed by atoms with Crippen molar-refractivity contribution in [1.29, 1.82) is 0 Å². The summed E-state index contributed by atoms with van der Waals surface area (Å²) in [6, 6.07) is 1.84. The molecule has 2 unspecified atom stereocenters. The molecule has 1 saturated heterocycles. The van der Waals surface area contributed by atoms with Gasteiger partial charge in [0, 0.05) is 63.8 Å². The fraction of sp³-hybridized carbons (Fsp3) is 0.500. The quantitative estimate of drug-likeness (QED) is 0.864. The molecule has 2 aromatic heterocycles. The van der Waals surface area contributed by atoms with Gasteiger partial charge in [-0.15, -0.1) is 0 Å². The molecule has 1 spiro atoms. The zero-order valence-corrected chi connectivity index (χ0v) is 16.2. The Bertz CT molecular complexity index is 972. The van der Waals surface area contributed by atoms with Crippen molar-refractivity contribution in [2.75, 3.05) is 11.9 Å². The Labute approximate surface area is 159 Å². The van der Waals surface area contributed by atoms with Crippen molar-refractivity contribution in [3.63, 3.8) is 0 Å². The Morgan fingerprint density at radius 1 is 1.56 bits per heavy atom. The lowest BCUT2D eigenvalue weighted by Gasteiger charge is -2.24. The van der Waals surface area contributed by atoms with E-state index in [9.17, 15) is 14.0 Å². The van der Waals surface area contributed by atoms with E-state index in [2.05, 4.69) is 22.1 Å². The maximum Gasteiger partial charge on any atom is 0.250 e. The number of ether oxygens (including phenoxy) is 1. The van der Waals surface area contributed by atoms with Crippen LogP contribution in [0.4, 0.5) is 9.52 Å². The third kappa shape index (κ3) is 3.37. The number of aryl methyl sites for hydroxylation is 1. The number of hydrogen-bond donors (Lipinski definition) is 1. The van der Waals surface area contributed by atoms with Gasteiger partial charge < -0.3 is 14.6 Å². The van der Waals surface area contributed by atoms with Crippen LogP contribution in [0.2, 0.25) is 0 Å². The predicted molar refractivity (Wildman–Crippen MR) is 99.6 cm³/mol. The van der Waals surface area contributed by atoms with Gasteiger partial charge in [0.1, 0.15) is 11.4 Å². The Kier molecular flexibility index (Phi) is 4.31. The molecule has 1 amide bonds. The van der Waals surface area contributed by atoms with E-state index in [1.165, 1.54) is 11.5 Å². The lowest BCUT2D eigenvalue weighted by Crippen LogP contribution is -2.37. The highest BCUT2D eigenvalue weighted by atomic mass is 32.1. The number of carbonyl (C=O) groups is 1. The van der Waals surface area contributed by atoms with Gasteiger partial charge in [0.2, 0.25) is 11.9 Å². The molecule has 0 radical (unpaired) electrons. The van der Waals surface area contributed by atoms with Crippen LogP contribution in [0, 0.1) is 5.95 Å². The van der Waals surface area contributed by atoms with E-state index in [4.69, 9.17) is 4.74 Å². The molecule has 1 fully saturated rings. The molecule has 4 heterocycles. The largest absolute Gasteiger partial charge is 0.484 e. The van der Waals surface area contributed by atoms with Crippen LogP contribution in [0.15, 0.2) is 17.1 Å². The molecular weight excluding hydrogens is 371 g/mol. The summed E-state index contributed by atoms with van der Waals surface area (Å²) in [6.45, 7) is 4.52. The number of carbonyl (C=O) groups excluding carboxylic acids is 1. The highest BCUT2D eigenvalue weighted by Crippen LogP contribution is 2.42. The fourth-order valence-electron chi connectivity index (χ4n) is 3.98. The van der Waals surface area contributed by atoms with Crippen LogP contribution in [0.25, 0.3) is 0 Å². The molecule has 2 aliphatic rings. The zero-order valence-electron chi connectivity index (χ0n) is 15.4. The minimum Gasteiger partial charge on any atom is -0.484 e. The number of halogens is 1. The van der Waals surface area contributed by atoms with Crippen LogP contribution in [0.1, 0.15) is 30.7 Å². The van der Waals surface area contributed by atoms with Crippen LogP contribution in [-0.4, -0.2) is 38.5 Å². The van der Waals surface area contributed by atoms with Crippen LogP contribution >= 0.6 is 11.3 Å². The summed E-state index contributed by atoms with van der Waals surface area (Å²) in [6.07, 6.45) is 3.22. The van der Waals surface area contributed by atoms with Gasteiger partial charge in [-0.1, -0.05) is 11.3 Å². The van der Waals surface area contributed by atoms with E-state index in [1.54, 1.807) is 19.3 Å². The maximum absolute atomic E-state index is 14.2. The summed E-state index contributed by atoms with van der Waals surface area (Å²) in [5, 5.41) is 2.80. The first-order chi connectivity index (χ1) is 12.7. The summed E-state index contributed by atoms with van der Waals surface area (Å²) in [5.74, 6) is -0.0644. The SMILES string of the molecule is CC(=O)Nc1nc(F)c(CN2CC3(Cc4cc(=O)n(C)cc4O3)CC2C)s1. The first kappa shape index (κ1) is 18.1. The average molecular weight is 392 g/mol. The summed E-state index contributed by atoms with van der Waals surface area (Å²) < 4.78 is 21.9. The minimum atomic E-state index is -0.546. The number of fused-ring (bicyclic) bond motifs is 1. The van der Waals surface area contributed by atoms with E-state index in [-0.39, 0.29) is 28.2 Å². The van der Waals surface area contributed by atoms with E-state index in [1.807, 2.05) is 0 Å². The monoisotopic (exact) mass is 392 g/mol. The van der Waals surface area contributed by atoms with Crippen molar-refractivity contribution in [1.82, 2.24) is 14.5 Å². The number of thiazole rings is 1. The number of nitrogens with zero attached hydrogens (tertiary/aromatic N) is 3. The van der Waals surface area contributed by atoms with Gasteiger partial charge in [-0.3, -0.25) is 14.5 Å². The number of pyridine rings is 1. The number of amides is 1. The van der Waals surface area contributed by atoms with Gasteiger partial charge >= 0.3 is 0 Å². The maximum atomic E-state index is 14.2. The molecule has 7 nitrogen and oxygen atoms in total. The molecule has 1 N–H and O–H groups in total. The fourth-order valence-corrected chi connectivity index (χ4v) is 4.90. The number of aromatic nitrogens is 2. The summed E-state index contributed by atoms with van der Waals surface area (Å²) in [7, 11) is 1.71. The normalized spacial score (nSPS) is 24.2. The van der Waals surface area contributed by atoms with Gasteiger partial charge in [-0.05, 0) is 6.92 Å². The van der Waals surface area contributed by atoms with Crippen molar-refractivity contribution in [3.8, 4) is 5.75 Å². The lowest BCUT2D eigenvalue weighted by molar-refractivity contribution is -0.114. The van der Waals surface area contributed by atoms with E-state index in [0.717, 1.165) is 29.1 Å². The molecular formula is C18H21FN4O3S. The second kappa shape index (κ2) is 6.42. The highest BCUT2D eigenvalue weighted by molar-refractivity contribution is 7.15. The van der Waals surface area contributed by atoms with Crippen molar-refractivity contribution < 1.29 is 13.9 Å². The average Bonchev–Trinajstić information content (AvgIpc) is 3.16. The molecule has 144 valence electrons. The molecule has 0 saturated carbocycles. The number of anilines is 1. The molecule has 9 heteroatoms. The minimum absolute atomic E-state index is 0.0467. The smallest absolute Gasteiger partial charge is 0.250 e. The number of nitrogens with one attached hydrogen (secondary N) is 1. The second-order valence-electron chi connectivity index (χ2n) is 7.45. The van der Waals surface area contributed by atoms with Crippen LogP contribution in [0.5, 0.6) is 5.75 Å². The summed E-state index contributed by atoms with van der Waals surface area (Å²) >= 11 is 1.15. The van der Waals surface area contributed by atoms with Gasteiger partial charge in [0.15, 0.2) is 5.13 Å². The number of rotatable bonds is 3. The Morgan fingerprint density at radius 2 is 2.33 bits per heavy atom. The van der Waals surface area contributed by atoms with Gasteiger partial charge in [0.05, 0.1) is 4.88 Å². The molecule has 27 heavy (non-hydrogen) atoms. The molecule has 0 bridgehead atoms. The molecule has 2 atom stereocenters. The Balaban J connectivity index is 1.50. The van der Waals surface area contributed by atoms with E-state index in [0.29, 0.717) is 24.4 Å². The molecule has 4 rings (SSSR count). The lowest BCUT2D eigenvalue weighted by atomic mass is 9.95. The molecule has 2 aromatic rings. The molecule has 0 aromatic carbocycles. The first-order valence-electron chi connectivity index (χ1n) is 8.80. The van der Waals surface area contributed by atoms with Crippen LogP contribution in [0.3, 0.4) is 0 Å². The van der Waals surface area contributed by atoms with E-state index >= 15 is 0 Å². The molecule has 2 aliphatic heterocycles. The second-order valence-corrected chi connectivity index (χ2v) is 8.53. The van der Waals surface area contributed by atoms with Gasteiger partial charge in [-0.2, -0.15) is 9.37 Å². The van der Waals surface area contributed by atoms with Gasteiger partial charge in [-0.25, -0.2) is 0 Å². The number of likely N-dealkylation sites (tertiary alicyclic amines) is 1. The number of hydrogen-bond acceptors (Lipinski definition) is 6. The Morgan fingerprint density at radius 3 is 3.07 bits per heavy atom. The summed E-state index contributed by atoms with van der Waals surface area (Å²) in [4.78, 5) is 29.5. The predicted octanol–water partition coefficient (Wildman–Crippen LogP) is 1.91. The van der Waals surface area contributed by atoms with Crippen molar-refractivity contribution in [2.45, 2.75) is 44.9 Å². The molecule has 0 aliphatic carbocycles. The van der Waals surface area contributed by atoms with Crippen LogP contribution < -0.4 is 15.6 Å². The van der Waals surface area contributed by atoms with Gasteiger partial charge in [0.25, 0.3) is 5.56 Å². The zero-order chi connectivity index (χ0) is 19.3. The third-order valence-corrected chi connectivity index (χ3v) is 6.10. The Hall–Kier alpha value is -2.26. The van der Waals surface area contributed by atoms with Crippen molar-refractivity contribution in [3.05, 3.63) is 39.0 Å². The third-order valence-electron chi connectivity index (χ3n) is 5.17. The highest BCUT2D eigenvalue weighted by Gasteiger charge is 2.48. The van der Waals surface area contributed by atoms with Crippen molar-refractivity contribution in [2.24, 2.45) is 7.05 Å². The van der Waals surface area contributed by atoms with E-state index < -0.39 is 5.95 Å². The topological polar surface area (TPSA) is 76.5 Å². The van der Waals surface area contributed by atoms with Crippen molar-refractivity contribution >= 4 is 22.4 Å². The summed E-state index contributed by atoms with van der Waals surface area (Å²) in [5.41, 5.74) is 0.503. The first-order valence-corrected chi connectivity index (χ1v) is 9.62. The van der Waals surface area contributed by atoms with Crippen LogP contribution in [-0.2, 0) is 24.8 Å².